The summed E-state index contributed by atoms with van der Waals surface area (Å²) in [6, 6.07) is 15.1. The van der Waals surface area contributed by atoms with Crippen molar-refractivity contribution in [2.24, 2.45) is 0 Å². The highest BCUT2D eigenvalue weighted by molar-refractivity contribution is 5.31. The van der Waals surface area contributed by atoms with Crippen molar-refractivity contribution in [3.63, 3.8) is 0 Å². The first-order valence-electron chi connectivity index (χ1n) is 9.64. The number of likely N-dealkylation sites (N-methyl/N-ethyl adjacent to an activating group) is 1. The predicted molar refractivity (Wildman–Crippen MR) is 111 cm³/mol. The SMILES string of the molecule is COc1ccc(OC[C@H](O)CN(C)Cc2ccc(OCCOCCO)cc2)cc1. The van der Waals surface area contributed by atoms with Crippen molar-refractivity contribution in [2.45, 2.75) is 12.6 Å². The van der Waals surface area contributed by atoms with Crippen molar-refractivity contribution in [1.82, 2.24) is 4.90 Å². The van der Waals surface area contributed by atoms with Crippen LogP contribution in [0.4, 0.5) is 0 Å². The van der Waals surface area contributed by atoms with E-state index in [0.717, 1.165) is 17.1 Å². The fourth-order valence-electron chi connectivity index (χ4n) is 2.73. The zero-order valence-corrected chi connectivity index (χ0v) is 17.1. The molecule has 0 unspecified atom stereocenters. The zero-order chi connectivity index (χ0) is 20.9. The van der Waals surface area contributed by atoms with Crippen LogP contribution in [0.15, 0.2) is 48.5 Å². The lowest BCUT2D eigenvalue weighted by Gasteiger charge is -2.21. The van der Waals surface area contributed by atoms with Gasteiger partial charge in [0.05, 0.1) is 26.9 Å². The van der Waals surface area contributed by atoms with Gasteiger partial charge in [0, 0.05) is 13.1 Å². The molecule has 0 spiro atoms. The number of aliphatic hydroxyl groups is 2. The second-order valence-corrected chi connectivity index (χ2v) is 6.67. The van der Waals surface area contributed by atoms with Crippen LogP contribution in [0.5, 0.6) is 17.2 Å². The van der Waals surface area contributed by atoms with Gasteiger partial charge >= 0.3 is 0 Å². The monoisotopic (exact) mass is 405 g/mol. The molecule has 2 rings (SSSR count). The van der Waals surface area contributed by atoms with E-state index in [1.54, 1.807) is 7.11 Å². The van der Waals surface area contributed by atoms with Crippen LogP contribution >= 0.6 is 0 Å². The Labute approximate surface area is 172 Å². The first-order valence-corrected chi connectivity index (χ1v) is 9.64. The molecule has 0 radical (unpaired) electrons. The quantitative estimate of drug-likeness (QED) is 0.465. The highest BCUT2D eigenvalue weighted by Gasteiger charge is 2.10. The van der Waals surface area contributed by atoms with Crippen LogP contribution in [0.1, 0.15) is 5.56 Å². The van der Waals surface area contributed by atoms with Crippen LogP contribution in [-0.4, -0.2) is 75.0 Å². The van der Waals surface area contributed by atoms with Crippen molar-refractivity contribution in [3.05, 3.63) is 54.1 Å². The number of ether oxygens (including phenoxy) is 4. The fourth-order valence-corrected chi connectivity index (χ4v) is 2.73. The second kappa shape index (κ2) is 13.0. The molecule has 2 aromatic rings. The van der Waals surface area contributed by atoms with Crippen molar-refractivity contribution >= 4 is 0 Å². The Bertz CT molecular complexity index is 677. The molecule has 0 aliphatic rings. The summed E-state index contributed by atoms with van der Waals surface area (Å²) in [6.07, 6.45) is -0.594. The van der Waals surface area contributed by atoms with E-state index in [2.05, 4.69) is 0 Å². The van der Waals surface area contributed by atoms with Gasteiger partial charge in [-0.2, -0.15) is 0 Å². The zero-order valence-electron chi connectivity index (χ0n) is 17.1. The third kappa shape index (κ3) is 9.15. The molecular weight excluding hydrogens is 374 g/mol. The number of nitrogens with zero attached hydrogens (tertiary/aromatic N) is 1. The van der Waals surface area contributed by atoms with Crippen molar-refractivity contribution in [3.8, 4) is 17.2 Å². The third-order valence-electron chi connectivity index (χ3n) is 4.13. The topological polar surface area (TPSA) is 80.6 Å². The highest BCUT2D eigenvalue weighted by atomic mass is 16.5. The second-order valence-electron chi connectivity index (χ2n) is 6.67. The van der Waals surface area contributed by atoms with E-state index in [9.17, 15) is 5.11 Å². The summed E-state index contributed by atoms with van der Waals surface area (Å²) in [5, 5.41) is 18.9. The molecule has 0 bridgehead atoms. The molecule has 1 atom stereocenters. The summed E-state index contributed by atoms with van der Waals surface area (Å²) in [5.74, 6) is 2.24. The molecule has 0 aromatic heterocycles. The molecule has 29 heavy (non-hydrogen) atoms. The van der Waals surface area contributed by atoms with Crippen molar-refractivity contribution in [2.75, 3.05) is 53.7 Å². The summed E-state index contributed by atoms with van der Waals surface area (Å²) >= 11 is 0. The lowest BCUT2D eigenvalue weighted by atomic mass is 10.2. The average molecular weight is 405 g/mol. The van der Waals surface area contributed by atoms with Crippen molar-refractivity contribution < 1.29 is 29.2 Å². The number of hydrogen-bond acceptors (Lipinski definition) is 7. The Balaban J connectivity index is 1.67. The number of aliphatic hydroxyl groups excluding tert-OH is 2. The number of methoxy groups -OCH3 is 1. The Morgan fingerprint density at radius 2 is 1.48 bits per heavy atom. The van der Waals surface area contributed by atoms with Crippen molar-refractivity contribution in [1.29, 1.82) is 0 Å². The standard InChI is InChI=1S/C22H31NO6/c1-23(16-19(25)17-29-22-9-7-20(26-2)8-10-22)15-18-3-5-21(6-4-18)28-14-13-27-12-11-24/h3-10,19,24-25H,11-17H2,1-2H3/t19-/m1/s1. The molecule has 0 heterocycles. The van der Waals surface area contributed by atoms with Gasteiger partial charge < -0.3 is 29.2 Å². The molecule has 7 nitrogen and oxygen atoms in total. The molecule has 0 aliphatic carbocycles. The van der Waals surface area contributed by atoms with Gasteiger partial charge in [0.1, 0.15) is 36.6 Å². The molecule has 0 saturated heterocycles. The average Bonchev–Trinajstić information content (AvgIpc) is 2.73. The Hall–Kier alpha value is -2.32. The van der Waals surface area contributed by atoms with Crippen LogP contribution in [0.2, 0.25) is 0 Å². The third-order valence-corrected chi connectivity index (χ3v) is 4.13. The summed E-state index contributed by atoms with van der Waals surface area (Å²) in [6.45, 7) is 2.66. The Morgan fingerprint density at radius 3 is 2.14 bits per heavy atom. The maximum absolute atomic E-state index is 10.2. The molecule has 160 valence electrons. The Morgan fingerprint density at radius 1 is 0.862 bits per heavy atom. The number of rotatable bonds is 14. The maximum Gasteiger partial charge on any atom is 0.119 e. The van der Waals surface area contributed by atoms with E-state index < -0.39 is 6.10 Å². The van der Waals surface area contributed by atoms with Crippen LogP contribution < -0.4 is 14.2 Å². The van der Waals surface area contributed by atoms with Gasteiger partial charge in [-0.25, -0.2) is 0 Å². The minimum Gasteiger partial charge on any atom is -0.497 e. The summed E-state index contributed by atoms with van der Waals surface area (Å²) < 4.78 is 21.5. The Kier molecular flexibility index (Phi) is 10.3. The first-order chi connectivity index (χ1) is 14.1. The van der Waals surface area contributed by atoms with Gasteiger partial charge in [-0.15, -0.1) is 0 Å². The van der Waals surface area contributed by atoms with Gasteiger partial charge in [0.15, 0.2) is 0 Å². The lowest BCUT2D eigenvalue weighted by Crippen LogP contribution is -2.32. The van der Waals surface area contributed by atoms with Crippen LogP contribution in [0.25, 0.3) is 0 Å². The van der Waals surface area contributed by atoms with Gasteiger partial charge in [-0.05, 0) is 49.0 Å². The fraction of sp³-hybridized carbons (Fsp3) is 0.455. The van der Waals surface area contributed by atoms with E-state index in [-0.39, 0.29) is 13.2 Å². The summed E-state index contributed by atoms with van der Waals surface area (Å²) in [7, 11) is 3.57. The summed E-state index contributed by atoms with van der Waals surface area (Å²) in [5.41, 5.74) is 1.12. The molecule has 0 aliphatic heterocycles. The van der Waals surface area contributed by atoms with Crippen LogP contribution in [0.3, 0.4) is 0 Å². The van der Waals surface area contributed by atoms with E-state index in [4.69, 9.17) is 24.1 Å². The first kappa shape index (κ1) is 23.0. The number of hydrogen-bond donors (Lipinski definition) is 2. The molecule has 7 heteroatoms. The summed E-state index contributed by atoms with van der Waals surface area (Å²) in [4.78, 5) is 2.04. The normalized spacial score (nSPS) is 12.0. The molecule has 0 fully saturated rings. The van der Waals surface area contributed by atoms with Gasteiger partial charge in [-0.1, -0.05) is 12.1 Å². The molecule has 2 aromatic carbocycles. The number of benzene rings is 2. The van der Waals surface area contributed by atoms with Gasteiger partial charge in [0.2, 0.25) is 0 Å². The molecular formula is C22H31NO6. The minimum absolute atomic E-state index is 0.0184. The van der Waals surface area contributed by atoms with E-state index >= 15 is 0 Å². The van der Waals surface area contributed by atoms with E-state index in [1.165, 1.54) is 0 Å². The largest absolute Gasteiger partial charge is 0.497 e. The smallest absolute Gasteiger partial charge is 0.119 e. The minimum atomic E-state index is -0.594. The lowest BCUT2D eigenvalue weighted by molar-refractivity contribution is 0.0704. The van der Waals surface area contributed by atoms with Gasteiger partial charge in [0.25, 0.3) is 0 Å². The predicted octanol–water partition coefficient (Wildman–Crippen LogP) is 1.95. The van der Waals surface area contributed by atoms with Gasteiger partial charge in [-0.3, -0.25) is 4.90 Å². The molecule has 2 N–H and O–H groups in total. The van der Waals surface area contributed by atoms with E-state index in [0.29, 0.717) is 38.7 Å². The highest BCUT2D eigenvalue weighted by Crippen LogP contribution is 2.17. The molecule has 0 amide bonds. The molecule has 0 saturated carbocycles. The maximum atomic E-state index is 10.2. The van der Waals surface area contributed by atoms with E-state index in [1.807, 2.05) is 60.5 Å². The van der Waals surface area contributed by atoms with Crippen LogP contribution in [-0.2, 0) is 11.3 Å². The van der Waals surface area contributed by atoms with Crippen LogP contribution in [0, 0.1) is 0 Å².